The summed E-state index contributed by atoms with van der Waals surface area (Å²) in [4.78, 5) is 24.5. The molecule has 3 aromatic carbocycles. The highest BCUT2D eigenvalue weighted by atomic mass is 79.9. The molecule has 190 valence electrons. The van der Waals surface area contributed by atoms with Crippen molar-refractivity contribution in [2.75, 3.05) is 18.5 Å². The molecule has 1 N–H and O–H groups in total. The molecule has 0 radical (unpaired) electrons. The van der Waals surface area contributed by atoms with E-state index in [-0.39, 0.29) is 18.8 Å². The minimum Gasteiger partial charge on any atom is -0.490 e. The van der Waals surface area contributed by atoms with Gasteiger partial charge in [-0.25, -0.2) is 4.79 Å². The average molecular weight is 584 g/mol. The molecular weight excluding hydrogens is 560 g/mol. The molecule has 0 unspecified atom stereocenters. The number of nitriles is 1. The van der Waals surface area contributed by atoms with Crippen LogP contribution in [0.4, 0.5) is 5.69 Å². The number of nitrogens with one attached hydrogen (secondary N) is 1. The van der Waals surface area contributed by atoms with Crippen molar-refractivity contribution in [1.29, 1.82) is 5.26 Å². The quantitative estimate of drug-likeness (QED) is 0.160. The van der Waals surface area contributed by atoms with Crippen molar-refractivity contribution in [2.24, 2.45) is 0 Å². The van der Waals surface area contributed by atoms with Gasteiger partial charge in [0.2, 0.25) is 0 Å². The first-order valence-corrected chi connectivity index (χ1v) is 12.6. The van der Waals surface area contributed by atoms with E-state index in [0.717, 1.165) is 5.56 Å². The molecule has 0 saturated heterocycles. The van der Waals surface area contributed by atoms with E-state index in [4.69, 9.17) is 25.8 Å². The van der Waals surface area contributed by atoms with E-state index < -0.39 is 11.9 Å². The van der Waals surface area contributed by atoms with Crippen molar-refractivity contribution in [3.8, 4) is 17.6 Å². The summed E-state index contributed by atoms with van der Waals surface area (Å²) in [6, 6.07) is 18.9. The molecule has 0 aliphatic carbocycles. The number of amides is 1. The van der Waals surface area contributed by atoms with Gasteiger partial charge in [0.05, 0.1) is 23.2 Å². The molecule has 3 rings (SSSR count). The lowest BCUT2D eigenvalue weighted by atomic mass is 10.1. The lowest BCUT2D eigenvalue weighted by Gasteiger charge is -2.15. The maximum atomic E-state index is 12.7. The van der Waals surface area contributed by atoms with Gasteiger partial charge in [0.1, 0.15) is 18.2 Å². The molecule has 9 heteroatoms. The SMILES string of the molecule is CCOC(=O)c1ccc(NC(=O)/C(C#N)=C/c2cc(Br)c(OCc3cccc(Cl)c3)c(OCC)c2)cc1. The Kier molecular flexibility index (Phi) is 10.1. The number of hydrogen-bond donors (Lipinski definition) is 1. The summed E-state index contributed by atoms with van der Waals surface area (Å²) in [5.41, 5.74) is 2.14. The van der Waals surface area contributed by atoms with Gasteiger partial charge in [0, 0.05) is 10.7 Å². The van der Waals surface area contributed by atoms with Crippen LogP contribution in [-0.2, 0) is 16.1 Å². The maximum absolute atomic E-state index is 12.7. The van der Waals surface area contributed by atoms with Crippen molar-refractivity contribution in [1.82, 2.24) is 0 Å². The fourth-order valence-electron chi connectivity index (χ4n) is 3.27. The summed E-state index contributed by atoms with van der Waals surface area (Å²) in [5, 5.41) is 12.9. The van der Waals surface area contributed by atoms with Gasteiger partial charge in [-0.2, -0.15) is 5.26 Å². The Hall–Kier alpha value is -3.80. The Morgan fingerprint density at radius 2 is 1.81 bits per heavy atom. The number of esters is 1. The van der Waals surface area contributed by atoms with Gasteiger partial charge in [0.25, 0.3) is 5.91 Å². The molecule has 1 amide bonds. The van der Waals surface area contributed by atoms with Gasteiger partial charge >= 0.3 is 5.97 Å². The van der Waals surface area contributed by atoms with Crippen LogP contribution in [0.1, 0.15) is 35.3 Å². The summed E-state index contributed by atoms with van der Waals surface area (Å²) < 4.78 is 17.3. The number of nitrogens with zero attached hydrogens (tertiary/aromatic N) is 1. The van der Waals surface area contributed by atoms with Gasteiger partial charge in [0.15, 0.2) is 11.5 Å². The summed E-state index contributed by atoms with van der Waals surface area (Å²) >= 11 is 9.56. The molecule has 0 fully saturated rings. The smallest absolute Gasteiger partial charge is 0.338 e. The summed E-state index contributed by atoms with van der Waals surface area (Å²) in [7, 11) is 0. The first kappa shape index (κ1) is 27.8. The molecule has 0 saturated carbocycles. The normalized spacial score (nSPS) is 10.8. The summed E-state index contributed by atoms with van der Waals surface area (Å²) in [6.07, 6.45) is 1.45. The van der Waals surface area contributed by atoms with E-state index in [1.807, 2.05) is 31.2 Å². The number of rotatable bonds is 10. The van der Waals surface area contributed by atoms with Gasteiger partial charge in [-0.1, -0.05) is 23.7 Å². The molecule has 0 spiro atoms. The van der Waals surface area contributed by atoms with Gasteiger partial charge in [-0.15, -0.1) is 0 Å². The van der Waals surface area contributed by atoms with E-state index >= 15 is 0 Å². The number of carbonyl (C=O) groups is 2. The van der Waals surface area contributed by atoms with Crippen LogP contribution in [0.2, 0.25) is 5.02 Å². The zero-order chi connectivity index (χ0) is 26.8. The fourth-order valence-corrected chi connectivity index (χ4v) is 4.06. The van der Waals surface area contributed by atoms with Crippen LogP contribution < -0.4 is 14.8 Å². The number of hydrogen-bond acceptors (Lipinski definition) is 6. The van der Waals surface area contributed by atoms with Crippen LogP contribution in [0.25, 0.3) is 6.08 Å². The highest BCUT2D eigenvalue weighted by Gasteiger charge is 2.15. The third-order valence-electron chi connectivity index (χ3n) is 4.93. The van der Waals surface area contributed by atoms with Crippen molar-refractivity contribution in [2.45, 2.75) is 20.5 Å². The largest absolute Gasteiger partial charge is 0.490 e. The third kappa shape index (κ3) is 7.84. The minimum atomic E-state index is -0.596. The predicted octanol–water partition coefficient (Wildman–Crippen LogP) is 6.80. The molecule has 0 atom stereocenters. The second kappa shape index (κ2) is 13.5. The minimum absolute atomic E-state index is 0.114. The average Bonchev–Trinajstić information content (AvgIpc) is 2.87. The lowest BCUT2D eigenvalue weighted by Crippen LogP contribution is -2.13. The number of halogens is 2. The summed E-state index contributed by atoms with van der Waals surface area (Å²) in [6.45, 7) is 4.50. The number of benzene rings is 3. The number of anilines is 1. The van der Waals surface area contributed by atoms with Crippen LogP contribution in [0.15, 0.2) is 70.7 Å². The van der Waals surface area contributed by atoms with Crippen LogP contribution >= 0.6 is 27.5 Å². The van der Waals surface area contributed by atoms with Crippen LogP contribution in [0.3, 0.4) is 0 Å². The van der Waals surface area contributed by atoms with E-state index in [1.54, 1.807) is 37.3 Å². The molecule has 0 bridgehead atoms. The first-order valence-electron chi connectivity index (χ1n) is 11.4. The Bertz CT molecular complexity index is 1350. The molecule has 0 aliphatic rings. The zero-order valence-electron chi connectivity index (χ0n) is 20.2. The van der Waals surface area contributed by atoms with Crippen molar-refractivity contribution in [3.05, 3.63) is 92.4 Å². The van der Waals surface area contributed by atoms with Crippen LogP contribution in [-0.4, -0.2) is 25.1 Å². The molecule has 0 aromatic heterocycles. The third-order valence-corrected chi connectivity index (χ3v) is 5.76. The molecule has 7 nitrogen and oxygen atoms in total. The highest BCUT2D eigenvalue weighted by Crippen LogP contribution is 2.38. The number of carbonyl (C=O) groups excluding carboxylic acids is 2. The highest BCUT2D eigenvalue weighted by molar-refractivity contribution is 9.10. The van der Waals surface area contributed by atoms with E-state index in [2.05, 4.69) is 21.2 Å². The lowest BCUT2D eigenvalue weighted by molar-refractivity contribution is -0.112. The Balaban J connectivity index is 1.79. The van der Waals surface area contributed by atoms with Crippen molar-refractivity contribution >= 4 is 51.2 Å². The molecule has 3 aromatic rings. The Labute approximate surface area is 228 Å². The topological polar surface area (TPSA) is 97.7 Å². The Morgan fingerprint density at radius 1 is 1.05 bits per heavy atom. The van der Waals surface area contributed by atoms with Crippen molar-refractivity contribution in [3.63, 3.8) is 0 Å². The number of ether oxygens (including phenoxy) is 3. The zero-order valence-corrected chi connectivity index (χ0v) is 22.6. The van der Waals surface area contributed by atoms with E-state index in [0.29, 0.717) is 44.4 Å². The monoisotopic (exact) mass is 582 g/mol. The van der Waals surface area contributed by atoms with Gasteiger partial charge in [-0.3, -0.25) is 4.79 Å². The molecular formula is C28H24BrClN2O5. The Morgan fingerprint density at radius 3 is 2.46 bits per heavy atom. The van der Waals surface area contributed by atoms with Crippen LogP contribution in [0, 0.1) is 11.3 Å². The van der Waals surface area contributed by atoms with Gasteiger partial charge < -0.3 is 19.5 Å². The summed E-state index contributed by atoms with van der Waals surface area (Å²) in [5.74, 6) is -0.101. The van der Waals surface area contributed by atoms with Crippen molar-refractivity contribution < 1.29 is 23.8 Å². The first-order chi connectivity index (χ1) is 17.8. The van der Waals surface area contributed by atoms with E-state index in [9.17, 15) is 14.9 Å². The van der Waals surface area contributed by atoms with Crippen LogP contribution in [0.5, 0.6) is 11.5 Å². The molecule has 0 heterocycles. The van der Waals surface area contributed by atoms with E-state index in [1.165, 1.54) is 18.2 Å². The molecule has 37 heavy (non-hydrogen) atoms. The second-order valence-electron chi connectivity index (χ2n) is 7.60. The predicted molar refractivity (Wildman–Crippen MR) is 146 cm³/mol. The molecule has 0 aliphatic heterocycles. The maximum Gasteiger partial charge on any atom is 0.338 e. The standard InChI is InChI=1S/C28H24BrClN2O5/c1-3-35-25-15-19(14-24(29)26(25)37-17-18-6-5-7-22(30)13-18)12-21(16-31)27(33)32-23-10-8-20(9-11-23)28(34)36-4-2/h5-15H,3-4,17H2,1-2H3,(H,32,33)/b21-12+. The fraction of sp³-hybridized carbons (Fsp3) is 0.179. The second-order valence-corrected chi connectivity index (χ2v) is 8.89. The van der Waals surface area contributed by atoms with Gasteiger partial charge in [-0.05, 0) is 95.5 Å².